The minimum absolute atomic E-state index is 0.0542. The molecule has 2 aliphatic heterocycles. The van der Waals surface area contributed by atoms with E-state index in [-0.39, 0.29) is 40.9 Å². The van der Waals surface area contributed by atoms with Gasteiger partial charge in [0.1, 0.15) is 22.7 Å². The predicted molar refractivity (Wildman–Crippen MR) is 127 cm³/mol. The van der Waals surface area contributed by atoms with E-state index in [4.69, 9.17) is 9.47 Å². The van der Waals surface area contributed by atoms with Crippen LogP contribution in [0, 0.1) is 0 Å². The second-order valence-electron chi connectivity index (χ2n) is 9.83. The Balaban J connectivity index is 1.48. The maximum Gasteiger partial charge on any atom is 0.410 e. The van der Waals surface area contributed by atoms with Crippen molar-refractivity contribution in [2.45, 2.75) is 51.2 Å². The molecule has 0 bridgehead atoms. The number of ketones is 2. The molecule has 0 atom stereocenters. The van der Waals surface area contributed by atoms with Gasteiger partial charge < -0.3 is 19.5 Å². The molecule has 7 heteroatoms. The van der Waals surface area contributed by atoms with Gasteiger partial charge in [-0.2, -0.15) is 0 Å². The molecule has 4 rings (SSSR count). The first kappa shape index (κ1) is 23.5. The first-order valence-corrected chi connectivity index (χ1v) is 11.4. The maximum atomic E-state index is 13.0. The predicted octanol–water partition coefficient (Wildman–Crippen LogP) is 5.02. The largest absolute Gasteiger partial charge is 0.507 e. The first-order chi connectivity index (χ1) is 16.1. The van der Waals surface area contributed by atoms with Gasteiger partial charge >= 0.3 is 6.09 Å². The fourth-order valence-corrected chi connectivity index (χ4v) is 4.25. The number of carbonyl (C=O) groups excluding carboxylic acids is 3. The third-order valence-electron chi connectivity index (χ3n) is 6.03. The molecular weight excluding hydrogens is 434 g/mol. The number of nitrogens with zero attached hydrogens (tertiary/aromatic N) is 1. The molecule has 2 aromatic carbocycles. The lowest BCUT2D eigenvalue weighted by atomic mass is 9.82. The molecule has 1 amide bonds. The summed E-state index contributed by atoms with van der Waals surface area (Å²) in [5.74, 6) is -0.517. The fourth-order valence-electron chi connectivity index (χ4n) is 4.25. The summed E-state index contributed by atoms with van der Waals surface area (Å²) in [5, 5.41) is 10.5. The summed E-state index contributed by atoms with van der Waals surface area (Å²) in [6, 6.07) is 12.1. The second-order valence-corrected chi connectivity index (χ2v) is 9.83. The number of phenols is 1. The molecule has 34 heavy (non-hydrogen) atoms. The number of benzene rings is 2. The van der Waals surface area contributed by atoms with Crippen molar-refractivity contribution < 1.29 is 29.0 Å². The Bertz CT molecular complexity index is 1140. The Kier molecular flexibility index (Phi) is 6.21. The van der Waals surface area contributed by atoms with Crippen LogP contribution < -0.4 is 4.74 Å². The van der Waals surface area contributed by atoms with Gasteiger partial charge in [-0.25, -0.2) is 4.79 Å². The number of phenolic OH excluding ortho intramolecular Hbond substituents is 1. The molecule has 1 fully saturated rings. The van der Waals surface area contributed by atoms with Gasteiger partial charge in [-0.3, -0.25) is 9.59 Å². The average molecular weight is 464 g/mol. The third-order valence-corrected chi connectivity index (χ3v) is 6.03. The normalized spacial score (nSPS) is 17.4. The van der Waals surface area contributed by atoms with Crippen molar-refractivity contribution in [2.24, 2.45) is 0 Å². The lowest BCUT2D eigenvalue weighted by Crippen LogP contribution is -2.53. The van der Waals surface area contributed by atoms with Crippen LogP contribution in [0.5, 0.6) is 11.5 Å². The molecule has 0 aromatic heterocycles. The Morgan fingerprint density at radius 3 is 2.44 bits per heavy atom. The number of ether oxygens (including phenoxy) is 2. The summed E-state index contributed by atoms with van der Waals surface area (Å²) in [7, 11) is 0. The standard InChI is InChI=1S/C27H29NO6/c1-26(2,3)34-25(32)28-13-11-27(12-14-28)17-23(31)20-15-19(22(30)16-24(20)33-27)21(29)10-9-18-7-5-4-6-8-18/h4-10,15-16,30H,11-14,17H2,1-3H3/b10-9+. The number of rotatable bonds is 3. The van der Waals surface area contributed by atoms with Crippen molar-refractivity contribution in [2.75, 3.05) is 13.1 Å². The zero-order chi connectivity index (χ0) is 24.5. The summed E-state index contributed by atoms with van der Waals surface area (Å²) in [5.41, 5.74) is -0.125. The summed E-state index contributed by atoms with van der Waals surface area (Å²) >= 11 is 0. The van der Waals surface area contributed by atoms with E-state index in [1.165, 1.54) is 18.2 Å². The highest BCUT2D eigenvalue weighted by atomic mass is 16.6. The molecule has 1 saturated heterocycles. The smallest absolute Gasteiger partial charge is 0.410 e. The van der Waals surface area contributed by atoms with Crippen LogP contribution in [0.3, 0.4) is 0 Å². The van der Waals surface area contributed by atoms with Gasteiger partial charge in [-0.05, 0) is 38.5 Å². The fraction of sp³-hybridized carbons (Fsp3) is 0.370. The Labute approximate surface area is 199 Å². The number of amides is 1. The summed E-state index contributed by atoms with van der Waals surface area (Å²) in [4.78, 5) is 39.7. The van der Waals surface area contributed by atoms with Crippen LogP contribution in [0.2, 0.25) is 0 Å². The van der Waals surface area contributed by atoms with Crippen LogP contribution in [0.1, 0.15) is 66.3 Å². The van der Waals surface area contributed by atoms with Gasteiger partial charge in [0.25, 0.3) is 0 Å². The minimum atomic E-state index is -0.742. The Morgan fingerprint density at radius 1 is 1.12 bits per heavy atom. The minimum Gasteiger partial charge on any atom is -0.507 e. The van der Waals surface area contributed by atoms with E-state index >= 15 is 0 Å². The highest BCUT2D eigenvalue weighted by molar-refractivity contribution is 6.11. The number of hydrogen-bond acceptors (Lipinski definition) is 6. The van der Waals surface area contributed by atoms with Crippen molar-refractivity contribution in [3.05, 3.63) is 65.2 Å². The number of aromatic hydroxyl groups is 1. The van der Waals surface area contributed by atoms with Crippen LogP contribution in [0.25, 0.3) is 6.08 Å². The molecule has 0 saturated carbocycles. The molecule has 7 nitrogen and oxygen atoms in total. The number of hydrogen-bond donors (Lipinski definition) is 1. The molecule has 1 spiro atoms. The maximum absolute atomic E-state index is 13.0. The highest BCUT2D eigenvalue weighted by Crippen LogP contribution is 2.42. The number of allylic oxidation sites excluding steroid dienone is 1. The monoisotopic (exact) mass is 463 g/mol. The van der Waals surface area contributed by atoms with Crippen molar-refractivity contribution >= 4 is 23.7 Å². The summed E-state index contributed by atoms with van der Waals surface area (Å²) in [6.07, 6.45) is 3.75. The van der Waals surface area contributed by atoms with Crippen LogP contribution in [-0.2, 0) is 4.74 Å². The second kappa shape index (κ2) is 8.97. The van der Waals surface area contributed by atoms with Gasteiger partial charge in [0.15, 0.2) is 11.6 Å². The lowest BCUT2D eigenvalue weighted by molar-refractivity contribution is -0.0226. The van der Waals surface area contributed by atoms with Crippen molar-refractivity contribution in [1.82, 2.24) is 4.90 Å². The van der Waals surface area contributed by atoms with Gasteiger partial charge in [-0.15, -0.1) is 0 Å². The summed E-state index contributed by atoms with van der Waals surface area (Å²) in [6.45, 7) is 6.27. The molecule has 0 aliphatic carbocycles. The highest BCUT2D eigenvalue weighted by Gasteiger charge is 2.44. The van der Waals surface area contributed by atoms with Gasteiger partial charge in [0.05, 0.1) is 17.5 Å². The molecule has 0 radical (unpaired) electrons. The van der Waals surface area contributed by atoms with Crippen molar-refractivity contribution in [3.8, 4) is 11.5 Å². The molecule has 2 aromatic rings. The molecule has 2 aliphatic rings. The number of piperidine rings is 1. The molecule has 0 unspecified atom stereocenters. The molecule has 2 heterocycles. The van der Waals surface area contributed by atoms with E-state index in [0.29, 0.717) is 25.9 Å². The molecular formula is C27H29NO6. The van der Waals surface area contributed by atoms with Crippen LogP contribution in [-0.4, -0.2) is 52.0 Å². The van der Waals surface area contributed by atoms with E-state index in [1.807, 2.05) is 51.1 Å². The van der Waals surface area contributed by atoms with E-state index in [2.05, 4.69) is 0 Å². The van der Waals surface area contributed by atoms with Gasteiger partial charge in [0, 0.05) is 32.0 Å². The van der Waals surface area contributed by atoms with Gasteiger partial charge in [0.2, 0.25) is 0 Å². The topological polar surface area (TPSA) is 93.1 Å². The van der Waals surface area contributed by atoms with Gasteiger partial charge in [-0.1, -0.05) is 36.4 Å². The van der Waals surface area contributed by atoms with Crippen molar-refractivity contribution in [1.29, 1.82) is 0 Å². The number of Topliss-reactive ketones (excluding diaryl/α,β-unsaturated/α-hetero) is 1. The lowest BCUT2D eigenvalue weighted by Gasteiger charge is -2.44. The zero-order valence-electron chi connectivity index (χ0n) is 19.7. The molecule has 178 valence electrons. The van der Waals surface area contributed by atoms with Crippen LogP contribution >= 0.6 is 0 Å². The van der Waals surface area contributed by atoms with Crippen LogP contribution in [0.15, 0.2) is 48.5 Å². The third kappa shape index (κ3) is 5.14. The Hall–Kier alpha value is -3.61. The molecule has 1 N–H and O–H groups in total. The van der Waals surface area contributed by atoms with E-state index in [1.54, 1.807) is 11.0 Å². The summed E-state index contributed by atoms with van der Waals surface area (Å²) < 4.78 is 11.7. The zero-order valence-corrected chi connectivity index (χ0v) is 19.7. The number of likely N-dealkylation sites (tertiary alicyclic amines) is 1. The van der Waals surface area contributed by atoms with E-state index in [9.17, 15) is 19.5 Å². The van der Waals surface area contributed by atoms with E-state index in [0.717, 1.165) is 5.56 Å². The quantitative estimate of drug-likeness (QED) is 0.507. The average Bonchev–Trinajstić information content (AvgIpc) is 2.77. The SMILES string of the molecule is CC(C)(C)OC(=O)N1CCC2(CC1)CC(=O)c1cc(C(=O)/C=C/c3ccccc3)c(O)cc1O2. The number of fused-ring (bicyclic) bond motifs is 1. The van der Waals surface area contributed by atoms with Crippen LogP contribution in [0.4, 0.5) is 4.79 Å². The Morgan fingerprint density at radius 2 is 1.79 bits per heavy atom. The van der Waals surface area contributed by atoms with Crippen molar-refractivity contribution in [3.63, 3.8) is 0 Å². The number of carbonyl (C=O) groups is 3. The first-order valence-electron chi connectivity index (χ1n) is 11.4. The van der Waals surface area contributed by atoms with E-state index < -0.39 is 17.0 Å².